The van der Waals surface area contributed by atoms with Crippen LogP contribution in [0.5, 0.6) is 5.75 Å². The number of fused-ring (bicyclic) bond motifs is 1. The Bertz CT molecular complexity index is 481. The Morgan fingerprint density at radius 2 is 2.24 bits per heavy atom. The van der Waals surface area contributed by atoms with E-state index in [1.165, 1.54) is 11.1 Å². The average molecular weight is 245 g/mol. The van der Waals surface area contributed by atoms with Gasteiger partial charge in [0.05, 0.1) is 6.04 Å². The Balaban J connectivity index is 1.57. The molecule has 1 N–H and O–H groups in total. The molecule has 0 radical (unpaired) electrons. The Hall–Kier alpha value is -1.32. The molecule has 1 aliphatic rings. The fourth-order valence-electron chi connectivity index (χ4n) is 2.16. The molecule has 0 bridgehead atoms. The second-order valence-corrected chi connectivity index (χ2v) is 5.02. The van der Waals surface area contributed by atoms with Crippen LogP contribution in [0.1, 0.15) is 17.2 Å². The molecular formula is C14H15NOS. The maximum Gasteiger partial charge on any atom is 0.124 e. The van der Waals surface area contributed by atoms with E-state index >= 15 is 0 Å². The summed E-state index contributed by atoms with van der Waals surface area (Å²) in [6, 6.07) is 10.8. The molecule has 3 rings (SSSR count). The lowest BCUT2D eigenvalue weighted by Gasteiger charge is -2.10. The minimum atomic E-state index is 0.352. The van der Waals surface area contributed by atoms with Crippen LogP contribution in [0.25, 0.3) is 0 Å². The summed E-state index contributed by atoms with van der Waals surface area (Å²) < 4.78 is 5.64. The first-order valence-electron chi connectivity index (χ1n) is 5.89. The second kappa shape index (κ2) is 4.90. The molecular weight excluding hydrogens is 230 g/mol. The van der Waals surface area contributed by atoms with Crippen LogP contribution in [-0.4, -0.2) is 13.2 Å². The van der Waals surface area contributed by atoms with Gasteiger partial charge in [0.2, 0.25) is 0 Å². The van der Waals surface area contributed by atoms with Gasteiger partial charge in [0.1, 0.15) is 12.4 Å². The first-order valence-corrected chi connectivity index (χ1v) is 6.84. The van der Waals surface area contributed by atoms with Crippen molar-refractivity contribution in [1.29, 1.82) is 0 Å². The molecule has 0 saturated carbocycles. The highest BCUT2D eigenvalue weighted by Gasteiger charge is 2.22. The number of ether oxygens (including phenoxy) is 1. The number of thiophene rings is 1. The normalized spacial score (nSPS) is 17.8. The van der Waals surface area contributed by atoms with Crippen molar-refractivity contribution in [3.63, 3.8) is 0 Å². The number of hydrogen-bond acceptors (Lipinski definition) is 3. The van der Waals surface area contributed by atoms with E-state index in [1.807, 2.05) is 12.1 Å². The molecule has 2 nitrogen and oxygen atoms in total. The lowest BCUT2D eigenvalue weighted by molar-refractivity contribution is 0.312. The molecule has 1 aromatic heterocycles. The van der Waals surface area contributed by atoms with Gasteiger partial charge in [-0.3, -0.25) is 0 Å². The highest BCUT2D eigenvalue weighted by atomic mass is 32.1. The van der Waals surface area contributed by atoms with Gasteiger partial charge in [-0.05, 0) is 41.4 Å². The fourth-order valence-corrected chi connectivity index (χ4v) is 2.86. The van der Waals surface area contributed by atoms with Crippen molar-refractivity contribution in [2.45, 2.75) is 12.5 Å². The Morgan fingerprint density at radius 3 is 3.12 bits per heavy atom. The zero-order chi connectivity index (χ0) is 11.5. The summed E-state index contributed by atoms with van der Waals surface area (Å²) in [5, 5.41) is 7.89. The molecule has 0 aliphatic carbocycles. The monoisotopic (exact) mass is 245 g/mol. The van der Waals surface area contributed by atoms with Crippen LogP contribution in [0.4, 0.5) is 0 Å². The fraction of sp³-hybridized carbons (Fsp3) is 0.286. The predicted octanol–water partition coefficient (Wildman–Crippen LogP) is 3.01. The number of rotatable bonds is 4. The van der Waals surface area contributed by atoms with Gasteiger partial charge < -0.3 is 10.1 Å². The minimum absolute atomic E-state index is 0.352. The summed E-state index contributed by atoms with van der Waals surface area (Å²) in [5.74, 6) is 1.03. The second-order valence-electron chi connectivity index (χ2n) is 4.24. The zero-order valence-corrected chi connectivity index (χ0v) is 10.4. The standard InChI is InChI=1S/C14H15NOS/c1-2-4-14-12(3-1)13(9-16-14)15-7-5-11-6-8-17-10-11/h1-4,6,8,10,13,15H,5,7,9H2. The van der Waals surface area contributed by atoms with E-state index in [9.17, 15) is 0 Å². The van der Waals surface area contributed by atoms with Crippen molar-refractivity contribution >= 4 is 11.3 Å². The van der Waals surface area contributed by atoms with Crippen molar-refractivity contribution < 1.29 is 4.74 Å². The average Bonchev–Trinajstić information content (AvgIpc) is 2.99. The van der Waals surface area contributed by atoms with Crippen molar-refractivity contribution in [2.75, 3.05) is 13.2 Å². The van der Waals surface area contributed by atoms with Gasteiger partial charge in [-0.2, -0.15) is 11.3 Å². The molecule has 0 amide bonds. The largest absolute Gasteiger partial charge is 0.491 e. The van der Waals surface area contributed by atoms with E-state index < -0.39 is 0 Å². The van der Waals surface area contributed by atoms with Gasteiger partial charge in [-0.25, -0.2) is 0 Å². The maximum absolute atomic E-state index is 5.64. The zero-order valence-electron chi connectivity index (χ0n) is 9.56. The van der Waals surface area contributed by atoms with E-state index in [2.05, 4.69) is 34.3 Å². The van der Waals surface area contributed by atoms with Gasteiger partial charge in [0.25, 0.3) is 0 Å². The van der Waals surface area contributed by atoms with E-state index in [0.717, 1.165) is 25.3 Å². The summed E-state index contributed by atoms with van der Waals surface area (Å²) in [5.41, 5.74) is 2.70. The predicted molar refractivity (Wildman–Crippen MR) is 70.7 cm³/mol. The lowest BCUT2D eigenvalue weighted by atomic mass is 10.1. The maximum atomic E-state index is 5.64. The van der Waals surface area contributed by atoms with Crippen molar-refractivity contribution in [2.24, 2.45) is 0 Å². The van der Waals surface area contributed by atoms with E-state index in [0.29, 0.717) is 6.04 Å². The van der Waals surface area contributed by atoms with E-state index in [4.69, 9.17) is 4.74 Å². The highest BCUT2D eigenvalue weighted by Crippen LogP contribution is 2.31. The van der Waals surface area contributed by atoms with Gasteiger partial charge in [-0.15, -0.1) is 0 Å². The van der Waals surface area contributed by atoms with Crippen LogP contribution >= 0.6 is 11.3 Å². The smallest absolute Gasteiger partial charge is 0.124 e. The summed E-state index contributed by atoms with van der Waals surface area (Å²) >= 11 is 1.76. The number of para-hydroxylation sites is 1. The molecule has 88 valence electrons. The van der Waals surface area contributed by atoms with Crippen LogP contribution in [0.2, 0.25) is 0 Å². The van der Waals surface area contributed by atoms with Crippen molar-refractivity contribution in [1.82, 2.24) is 5.32 Å². The Labute approximate surface area is 105 Å². The lowest BCUT2D eigenvalue weighted by Crippen LogP contribution is -2.24. The van der Waals surface area contributed by atoms with E-state index in [1.54, 1.807) is 11.3 Å². The van der Waals surface area contributed by atoms with Crippen molar-refractivity contribution in [3.8, 4) is 5.75 Å². The van der Waals surface area contributed by atoms with Gasteiger partial charge in [0.15, 0.2) is 0 Å². The van der Waals surface area contributed by atoms with Gasteiger partial charge in [-0.1, -0.05) is 18.2 Å². The molecule has 17 heavy (non-hydrogen) atoms. The Kier molecular flexibility index (Phi) is 3.12. The minimum Gasteiger partial charge on any atom is -0.491 e. The van der Waals surface area contributed by atoms with Crippen LogP contribution in [0.3, 0.4) is 0 Å². The van der Waals surface area contributed by atoms with Crippen LogP contribution in [0, 0.1) is 0 Å². The quantitative estimate of drug-likeness (QED) is 0.894. The van der Waals surface area contributed by atoms with Crippen molar-refractivity contribution in [3.05, 3.63) is 52.2 Å². The number of nitrogens with one attached hydrogen (secondary N) is 1. The van der Waals surface area contributed by atoms with Gasteiger partial charge in [0, 0.05) is 5.56 Å². The molecule has 2 aromatic rings. The molecule has 3 heteroatoms. The summed E-state index contributed by atoms with van der Waals surface area (Å²) in [6.45, 7) is 1.75. The summed E-state index contributed by atoms with van der Waals surface area (Å²) in [4.78, 5) is 0. The number of benzene rings is 1. The topological polar surface area (TPSA) is 21.3 Å². The molecule has 1 aliphatic heterocycles. The molecule has 2 heterocycles. The number of hydrogen-bond donors (Lipinski definition) is 1. The first kappa shape index (κ1) is 10.8. The van der Waals surface area contributed by atoms with E-state index in [-0.39, 0.29) is 0 Å². The first-order chi connectivity index (χ1) is 8.43. The molecule has 1 atom stereocenters. The third-order valence-electron chi connectivity index (χ3n) is 3.08. The Morgan fingerprint density at radius 1 is 1.29 bits per heavy atom. The molecule has 1 aromatic carbocycles. The van der Waals surface area contributed by atoms with Crippen LogP contribution < -0.4 is 10.1 Å². The highest BCUT2D eigenvalue weighted by molar-refractivity contribution is 7.07. The molecule has 1 unspecified atom stereocenters. The van der Waals surface area contributed by atoms with Crippen LogP contribution in [-0.2, 0) is 6.42 Å². The van der Waals surface area contributed by atoms with Gasteiger partial charge >= 0.3 is 0 Å². The molecule has 0 fully saturated rings. The molecule has 0 spiro atoms. The SMILES string of the molecule is c1ccc2c(c1)OCC2NCCc1ccsc1. The summed E-state index contributed by atoms with van der Waals surface area (Å²) in [7, 11) is 0. The third-order valence-corrected chi connectivity index (χ3v) is 3.82. The van der Waals surface area contributed by atoms with Crippen LogP contribution in [0.15, 0.2) is 41.1 Å². The third kappa shape index (κ3) is 2.35. The summed E-state index contributed by atoms with van der Waals surface area (Å²) in [6.07, 6.45) is 1.09. The molecule has 0 saturated heterocycles.